The van der Waals surface area contributed by atoms with Crippen LogP contribution in [-0.4, -0.2) is 12.1 Å². The topological polar surface area (TPSA) is 26.3 Å². The highest BCUT2D eigenvalue weighted by Crippen LogP contribution is 2.32. The Morgan fingerprint density at radius 1 is 1.38 bits per heavy atom. The minimum Gasteiger partial charge on any atom is -0.403 e. The predicted octanol–water partition coefficient (Wildman–Crippen LogP) is 3.69. The lowest BCUT2D eigenvalue weighted by atomic mass is 10.1. The molecule has 2 nitrogen and oxygen atoms in total. The first-order valence-corrected chi connectivity index (χ1v) is 4.76. The number of hydrogen-bond donors (Lipinski definition) is 0. The molecule has 0 aliphatic heterocycles. The van der Waals surface area contributed by atoms with Gasteiger partial charge >= 0.3 is 6.36 Å². The Morgan fingerprint density at radius 3 is 2.38 bits per heavy atom. The van der Waals surface area contributed by atoms with E-state index in [2.05, 4.69) is 20.7 Å². The standard InChI is InChI=1S/C9H5BrF4O2/c1-4(15)5-2-3-6(8(11)7(5)10)16-9(12,13)14/h2-3H,1H3. The van der Waals surface area contributed by atoms with Crippen molar-refractivity contribution in [1.82, 2.24) is 0 Å². The lowest BCUT2D eigenvalue weighted by Crippen LogP contribution is -2.18. The second-order valence-electron chi connectivity index (χ2n) is 2.84. The third-order valence-electron chi connectivity index (χ3n) is 1.65. The van der Waals surface area contributed by atoms with Crippen molar-refractivity contribution in [2.75, 3.05) is 0 Å². The molecule has 1 aromatic carbocycles. The van der Waals surface area contributed by atoms with Crippen LogP contribution in [0.25, 0.3) is 0 Å². The maximum absolute atomic E-state index is 13.3. The van der Waals surface area contributed by atoms with Gasteiger partial charge in [-0.3, -0.25) is 4.79 Å². The number of benzene rings is 1. The lowest BCUT2D eigenvalue weighted by Gasteiger charge is -2.11. The summed E-state index contributed by atoms with van der Waals surface area (Å²) >= 11 is 2.70. The van der Waals surface area contributed by atoms with Gasteiger partial charge in [0.1, 0.15) is 0 Å². The van der Waals surface area contributed by atoms with Crippen molar-refractivity contribution >= 4 is 21.7 Å². The molecule has 0 aromatic heterocycles. The molecule has 0 unspecified atom stereocenters. The van der Waals surface area contributed by atoms with Crippen molar-refractivity contribution in [3.63, 3.8) is 0 Å². The van der Waals surface area contributed by atoms with Crippen LogP contribution in [0.15, 0.2) is 16.6 Å². The van der Waals surface area contributed by atoms with Crippen LogP contribution >= 0.6 is 15.9 Å². The molecule has 0 fully saturated rings. The molecule has 0 bridgehead atoms. The normalized spacial score (nSPS) is 11.4. The van der Waals surface area contributed by atoms with E-state index in [1.54, 1.807) is 0 Å². The largest absolute Gasteiger partial charge is 0.573 e. The van der Waals surface area contributed by atoms with Crippen molar-refractivity contribution < 1.29 is 27.1 Å². The quantitative estimate of drug-likeness (QED) is 0.615. The number of alkyl halides is 3. The van der Waals surface area contributed by atoms with E-state index < -0.39 is 23.7 Å². The van der Waals surface area contributed by atoms with Crippen LogP contribution in [0.1, 0.15) is 17.3 Å². The maximum atomic E-state index is 13.3. The highest BCUT2D eigenvalue weighted by molar-refractivity contribution is 9.10. The summed E-state index contributed by atoms with van der Waals surface area (Å²) in [6.45, 7) is 1.17. The van der Waals surface area contributed by atoms with Crippen LogP contribution in [-0.2, 0) is 0 Å². The van der Waals surface area contributed by atoms with Crippen molar-refractivity contribution in [2.24, 2.45) is 0 Å². The van der Waals surface area contributed by atoms with Crippen molar-refractivity contribution in [2.45, 2.75) is 13.3 Å². The Hall–Kier alpha value is -1.11. The van der Waals surface area contributed by atoms with Crippen LogP contribution < -0.4 is 4.74 Å². The third-order valence-corrected chi connectivity index (χ3v) is 2.43. The zero-order valence-corrected chi connectivity index (χ0v) is 9.45. The summed E-state index contributed by atoms with van der Waals surface area (Å²) in [4.78, 5) is 11.0. The number of rotatable bonds is 2. The molecule has 0 atom stereocenters. The number of carbonyl (C=O) groups is 1. The molecule has 1 rings (SSSR count). The molecule has 16 heavy (non-hydrogen) atoms. The summed E-state index contributed by atoms with van der Waals surface area (Å²) in [5.74, 6) is -2.71. The summed E-state index contributed by atoms with van der Waals surface area (Å²) in [5.41, 5.74) is -0.0491. The van der Waals surface area contributed by atoms with Gasteiger partial charge in [-0.15, -0.1) is 13.2 Å². The molecule has 1 aromatic rings. The van der Waals surface area contributed by atoms with Crippen molar-refractivity contribution in [3.05, 3.63) is 28.0 Å². The minimum absolute atomic E-state index is 0.0491. The average Bonchev–Trinajstić information content (AvgIpc) is 2.10. The van der Waals surface area contributed by atoms with Gasteiger partial charge in [0.2, 0.25) is 0 Å². The van der Waals surface area contributed by atoms with E-state index in [1.807, 2.05) is 0 Å². The first-order chi connectivity index (χ1) is 7.22. The minimum atomic E-state index is -4.97. The molecule has 88 valence electrons. The molecule has 0 saturated heterocycles. The third kappa shape index (κ3) is 2.94. The van der Waals surface area contributed by atoms with Gasteiger partial charge in [-0.25, -0.2) is 4.39 Å². The molecule has 0 heterocycles. The van der Waals surface area contributed by atoms with E-state index in [0.29, 0.717) is 0 Å². The number of ether oxygens (including phenoxy) is 1. The Morgan fingerprint density at radius 2 is 1.94 bits per heavy atom. The molecule has 0 spiro atoms. The number of Topliss-reactive ketones (excluding diaryl/α,β-unsaturated/α-hetero) is 1. The van der Waals surface area contributed by atoms with Crippen LogP contribution in [0.2, 0.25) is 0 Å². The van der Waals surface area contributed by atoms with E-state index in [0.717, 1.165) is 12.1 Å². The molecule has 0 aliphatic rings. The van der Waals surface area contributed by atoms with Gasteiger partial charge in [-0.05, 0) is 35.0 Å². The lowest BCUT2D eigenvalue weighted by molar-refractivity contribution is -0.275. The van der Waals surface area contributed by atoms with E-state index in [4.69, 9.17) is 0 Å². The summed E-state index contributed by atoms with van der Waals surface area (Å²) in [6, 6.07) is 1.81. The van der Waals surface area contributed by atoms with Gasteiger partial charge in [-0.2, -0.15) is 0 Å². The summed E-state index contributed by atoms with van der Waals surface area (Å²) in [5, 5.41) is 0. The van der Waals surface area contributed by atoms with Crippen LogP contribution in [0.4, 0.5) is 17.6 Å². The van der Waals surface area contributed by atoms with Gasteiger partial charge in [0.15, 0.2) is 17.3 Å². The molecule has 0 aliphatic carbocycles. The molecule has 0 radical (unpaired) electrons. The van der Waals surface area contributed by atoms with E-state index in [-0.39, 0.29) is 10.0 Å². The van der Waals surface area contributed by atoms with Crippen LogP contribution in [0, 0.1) is 5.82 Å². The fourth-order valence-corrected chi connectivity index (χ4v) is 1.61. The second-order valence-corrected chi connectivity index (χ2v) is 3.64. The Bertz CT molecular complexity index is 428. The fourth-order valence-electron chi connectivity index (χ4n) is 1.01. The smallest absolute Gasteiger partial charge is 0.403 e. The van der Waals surface area contributed by atoms with Gasteiger partial charge in [0.05, 0.1) is 4.47 Å². The molecular formula is C9H5BrF4O2. The second kappa shape index (κ2) is 4.40. The van der Waals surface area contributed by atoms with Gasteiger partial charge in [0, 0.05) is 5.56 Å². The van der Waals surface area contributed by atoms with Gasteiger partial charge in [0.25, 0.3) is 0 Å². The highest BCUT2D eigenvalue weighted by atomic mass is 79.9. The maximum Gasteiger partial charge on any atom is 0.573 e. The SMILES string of the molecule is CC(=O)c1ccc(OC(F)(F)F)c(F)c1Br. The molecular weight excluding hydrogens is 296 g/mol. The number of carbonyl (C=O) groups excluding carboxylic acids is 1. The number of hydrogen-bond acceptors (Lipinski definition) is 2. The van der Waals surface area contributed by atoms with Crippen molar-refractivity contribution in [3.8, 4) is 5.75 Å². The van der Waals surface area contributed by atoms with Gasteiger partial charge in [-0.1, -0.05) is 0 Å². The molecule has 0 amide bonds. The van der Waals surface area contributed by atoms with E-state index in [1.165, 1.54) is 6.92 Å². The van der Waals surface area contributed by atoms with Crippen molar-refractivity contribution in [1.29, 1.82) is 0 Å². The summed E-state index contributed by atoms with van der Waals surface area (Å²) in [7, 11) is 0. The fraction of sp³-hybridized carbons (Fsp3) is 0.222. The Balaban J connectivity index is 3.17. The Kier molecular flexibility index (Phi) is 3.57. The first kappa shape index (κ1) is 13.0. The monoisotopic (exact) mass is 300 g/mol. The Labute approximate surface area is 96.3 Å². The molecule has 0 saturated carbocycles. The predicted molar refractivity (Wildman–Crippen MR) is 50.8 cm³/mol. The number of halogens is 5. The van der Waals surface area contributed by atoms with Crippen LogP contribution in [0.3, 0.4) is 0 Å². The first-order valence-electron chi connectivity index (χ1n) is 3.97. The highest BCUT2D eigenvalue weighted by Gasteiger charge is 2.33. The summed E-state index contributed by atoms with van der Waals surface area (Å²) in [6.07, 6.45) is -4.97. The summed E-state index contributed by atoms with van der Waals surface area (Å²) < 4.78 is 51.9. The zero-order valence-electron chi connectivity index (χ0n) is 7.86. The number of ketones is 1. The average molecular weight is 301 g/mol. The van der Waals surface area contributed by atoms with E-state index in [9.17, 15) is 22.4 Å². The van der Waals surface area contributed by atoms with Crippen LogP contribution in [0.5, 0.6) is 5.75 Å². The zero-order chi connectivity index (χ0) is 12.5. The molecule has 0 N–H and O–H groups in total. The van der Waals surface area contributed by atoms with E-state index >= 15 is 0 Å². The molecule has 7 heteroatoms. The van der Waals surface area contributed by atoms with Gasteiger partial charge < -0.3 is 4.74 Å².